The number of thiocarbonyl (C=S) groups is 1. The van der Waals surface area contributed by atoms with E-state index < -0.39 is 12.0 Å². The van der Waals surface area contributed by atoms with Gasteiger partial charge in [-0.2, -0.15) is 4.98 Å². The number of nitrogens with one attached hydrogen (secondary N) is 3. The molecule has 7 nitrogen and oxygen atoms in total. The smallest absolute Gasteiger partial charge is 0.305 e. The van der Waals surface area contributed by atoms with Crippen LogP contribution in [0, 0.1) is 12.7 Å². The molecule has 0 bridgehead atoms. The Bertz CT molecular complexity index is 1150. The average molecular weight is 494 g/mol. The van der Waals surface area contributed by atoms with Crippen molar-refractivity contribution >= 4 is 64.0 Å². The Kier molecular flexibility index (Phi) is 7.79. The molecular formula is C21H18Cl2FN5O2S. The molecule has 0 saturated heterocycles. The number of anilines is 3. The molecule has 166 valence electrons. The summed E-state index contributed by atoms with van der Waals surface area (Å²) in [6.07, 6.45) is -0.269. The molecule has 0 aliphatic heterocycles. The Balaban J connectivity index is 1.75. The highest BCUT2D eigenvalue weighted by Gasteiger charge is 2.20. The Morgan fingerprint density at radius 3 is 2.53 bits per heavy atom. The highest BCUT2D eigenvalue weighted by Crippen LogP contribution is 2.28. The number of carbonyl (C=O) groups is 1. The average Bonchev–Trinajstić information content (AvgIpc) is 2.68. The van der Waals surface area contributed by atoms with E-state index in [4.69, 9.17) is 35.4 Å². The molecule has 2 aromatic carbocycles. The van der Waals surface area contributed by atoms with Gasteiger partial charge in [-0.25, -0.2) is 9.37 Å². The maximum atomic E-state index is 13.1. The van der Waals surface area contributed by atoms with E-state index in [1.165, 1.54) is 18.2 Å². The monoisotopic (exact) mass is 493 g/mol. The summed E-state index contributed by atoms with van der Waals surface area (Å²) in [4.78, 5) is 20.0. The van der Waals surface area contributed by atoms with Crippen LogP contribution >= 0.6 is 35.4 Å². The fourth-order valence-corrected chi connectivity index (χ4v) is 3.64. The van der Waals surface area contributed by atoms with Gasteiger partial charge in [-0.05, 0) is 61.1 Å². The van der Waals surface area contributed by atoms with Gasteiger partial charge in [-0.1, -0.05) is 29.3 Å². The van der Waals surface area contributed by atoms with Crippen molar-refractivity contribution in [3.8, 4) is 0 Å². The van der Waals surface area contributed by atoms with E-state index in [1.807, 2.05) is 0 Å². The molecule has 0 saturated carbocycles. The summed E-state index contributed by atoms with van der Waals surface area (Å²) in [5, 5.41) is 19.0. The van der Waals surface area contributed by atoms with Crippen LogP contribution in [-0.4, -0.2) is 26.2 Å². The third-order valence-corrected chi connectivity index (χ3v) is 5.00. The van der Waals surface area contributed by atoms with Crippen LogP contribution in [0.4, 0.5) is 21.8 Å². The fraction of sp³-hybridized carbons (Fsp3) is 0.143. The zero-order chi connectivity index (χ0) is 23.3. The molecule has 1 atom stereocenters. The third kappa shape index (κ3) is 6.74. The number of aliphatic carboxylic acids is 1. The lowest BCUT2D eigenvalue weighted by molar-refractivity contribution is -0.137. The van der Waals surface area contributed by atoms with Gasteiger partial charge < -0.3 is 21.1 Å². The molecule has 32 heavy (non-hydrogen) atoms. The van der Waals surface area contributed by atoms with Crippen LogP contribution in [-0.2, 0) is 4.79 Å². The molecule has 1 heterocycles. The molecule has 0 amide bonds. The van der Waals surface area contributed by atoms with E-state index in [0.717, 1.165) is 0 Å². The van der Waals surface area contributed by atoms with Crippen molar-refractivity contribution in [1.82, 2.24) is 15.3 Å². The normalized spacial score (nSPS) is 11.5. The van der Waals surface area contributed by atoms with Crippen LogP contribution in [0.3, 0.4) is 0 Å². The van der Waals surface area contributed by atoms with E-state index in [-0.39, 0.29) is 23.3 Å². The second kappa shape index (κ2) is 10.5. The van der Waals surface area contributed by atoms with E-state index in [1.54, 1.807) is 37.3 Å². The van der Waals surface area contributed by atoms with Gasteiger partial charge in [-0.3, -0.25) is 4.79 Å². The van der Waals surface area contributed by atoms with Gasteiger partial charge >= 0.3 is 5.97 Å². The lowest BCUT2D eigenvalue weighted by atomic mass is 10.0. The van der Waals surface area contributed by atoms with Crippen LogP contribution in [0.5, 0.6) is 0 Å². The zero-order valence-corrected chi connectivity index (χ0v) is 19.0. The fourth-order valence-electron chi connectivity index (χ4n) is 2.86. The molecule has 1 aromatic heterocycles. The van der Waals surface area contributed by atoms with Crippen molar-refractivity contribution in [2.45, 2.75) is 19.4 Å². The van der Waals surface area contributed by atoms with E-state index in [2.05, 4.69) is 25.9 Å². The molecule has 3 rings (SSSR count). The molecule has 0 radical (unpaired) electrons. The number of rotatable bonds is 7. The minimum Gasteiger partial charge on any atom is -0.481 e. The van der Waals surface area contributed by atoms with Crippen LogP contribution in [0.25, 0.3) is 0 Å². The van der Waals surface area contributed by atoms with E-state index in [9.17, 15) is 14.3 Å². The van der Waals surface area contributed by atoms with Gasteiger partial charge in [0.05, 0.1) is 12.5 Å². The second-order valence-corrected chi connectivity index (χ2v) is 8.02. The summed E-state index contributed by atoms with van der Waals surface area (Å²) >= 11 is 17.5. The predicted molar refractivity (Wildman–Crippen MR) is 127 cm³/mol. The predicted octanol–water partition coefficient (Wildman–Crippen LogP) is 5.48. The number of benzene rings is 2. The number of carboxylic acid groups (broad SMARTS) is 1. The maximum Gasteiger partial charge on any atom is 0.305 e. The first-order chi connectivity index (χ1) is 15.2. The summed E-state index contributed by atoms with van der Waals surface area (Å²) < 4.78 is 13.1. The third-order valence-electron chi connectivity index (χ3n) is 4.22. The van der Waals surface area contributed by atoms with Crippen LogP contribution in [0.1, 0.15) is 23.7 Å². The Morgan fingerprint density at radius 1 is 1.16 bits per heavy atom. The topological polar surface area (TPSA) is 99.2 Å². The van der Waals surface area contributed by atoms with Crippen LogP contribution < -0.4 is 16.0 Å². The lowest BCUT2D eigenvalue weighted by Crippen LogP contribution is -2.34. The maximum absolute atomic E-state index is 13.1. The highest BCUT2D eigenvalue weighted by molar-refractivity contribution is 7.80. The molecule has 0 spiro atoms. The number of hydrogen-bond acceptors (Lipinski definition) is 5. The summed E-state index contributed by atoms with van der Waals surface area (Å²) in [7, 11) is 0. The molecule has 0 fully saturated rings. The summed E-state index contributed by atoms with van der Waals surface area (Å²) in [5.41, 5.74) is 1.83. The summed E-state index contributed by atoms with van der Waals surface area (Å²) in [5.74, 6) is -0.709. The van der Waals surface area contributed by atoms with Crippen molar-refractivity contribution in [3.63, 3.8) is 0 Å². The van der Waals surface area contributed by atoms with Crippen molar-refractivity contribution in [1.29, 1.82) is 0 Å². The number of carboxylic acids is 1. The van der Waals surface area contributed by atoms with Gasteiger partial charge in [0.25, 0.3) is 0 Å². The molecule has 3 aromatic rings. The first kappa shape index (κ1) is 23.6. The van der Waals surface area contributed by atoms with Crippen molar-refractivity contribution < 1.29 is 14.3 Å². The van der Waals surface area contributed by atoms with Gasteiger partial charge in [0, 0.05) is 27.5 Å². The minimum atomic E-state index is -1.03. The Labute approximate surface area is 199 Å². The van der Waals surface area contributed by atoms with Gasteiger partial charge in [0.15, 0.2) is 5.11 Å². The van der Waals surface area contributed by atoms with Crippen molar-refractivity contribution in [2.75, 3.05) is 10.6 Å². The van der Waals surface area contributed by atoms with Crippen LogP contribution in [0.2, 0.25) is 10.0 Å². The standard InChI is InChI=1S/C21H18Cl2FN5O2S/c1-11-8-18(26-14-5-3-13(24)4-6-14)28-20(25-11)29-21(32)27-17(10-19(30)31)15-7-2-12(22)9-16(15)23/h2-9,17H,10H2,1H3,(H,30,31)(H3,25,26,27,28,29,32)/t17-/m1/s1. The SMILES string of the molecule is Cc1cc(Nc2ccc(F)cc2)nc(NC(=S)N[C@H](CC(=O)O)c2ccc(Cl)cc2Cl)n1. The number of hydrogen-bond donors (Lipinski definition) is 4. The van der Waals surface area contributed by atoms with E-state index in [0.29, 0.717) is 32.8 Å². The minimum absolute atomic E-state index is 0.112. The molecule has 0 aliphatic carbocycles. The quantitative estimate of drug-likeness (QED) is 0.321. The summed E-state index contributed by atoms with van der Waals surface area (Å²) in [6, 6.07) is 11.6. The van der Waals surface area contributed by atoms with Gasteiger partial charge in [0.2, 0.25) is 5.95 Å². The van der Waals surface area contributed by atoms with Gasteiger partial charge in [0.1, 0.15) is 11.6 Å². The Morgan fingerprint density at radius 2 is 1.88 bits per heavy atom. The van der Waals surface area contributed by atoms with Crippen molar-refractivity contribution in [3.05, 3.63) is 75.7 Å². The van der Waals surface area contributed by atoms with Crippen LogP contribution in [0.15, 0.2) is 48.5 Å². The first-order valence-corrected chi connectivity index (χ1v) is 10.5. The van der Waals surface area contributed by atoms with Gasteiger partial charge in [-0.15, -0.1) is 0 Å². The molecule has 4 N–H and O–H groups in total. The van der Waals surface area contributed by atoms with E-state index >= 15 is 0 Å². The molecule has 0 unspecified atom stereocenters. The number of aromatic nitrogens is 2. The second-order valence-electron chi connectivity index (χ2n) is 6.76. The molecular weight excluding hydrogens is 476 g/mol. The lowest BCUT2D eigenvalue weighted by Gasteiger charge is -2.21. The Hall–Kier alpha value is -3.01. The highest BCUT2D eigenvalue weighted by atomic mass is 35.5. The molecule has 11 heteroatoms. The summed E-state index contributed by atoms with van der Waals surface area (Å²) in [6.45, 7) is 1.78. The largest absolute Gasteiger partial charge is 0.481 e. The number of nitrogens with zero attached hydrogens (tertiary/aromatic N) is 2. The molecule has 0 aliphatic rings. The first-order valence-electron chi connectivity index (χ1n) is 9.32. The zero-order valence-electron chi connectivity index (χ0n) is 16.7. The van der Waals surface area contributed by atoms with Crippen molar-refractivity contribution in [2.24, 2.45) is 0 Å². The number of halogens is 3. The number of aryl methyl sites for hydroxylation is 1.